The summed E-state index contributed by atoms with van der Waals surface area (Å²) < 4.78 is 9.77. The number of likely N-dealkylation sites (tertiary alicyclic amines) is 1. The van der Waals surface area contributed by atoms with Gasteiger partial charge in [0.25, 0.3) is 5.91 Å². The maximum Gasteiger partial charge on any atom is 0.328 e. The van der Waals surface area contributed by atoms with E-state index in [9.17, 15) is 14.4 Å². The van der Waals surface area contributed by atoms with Gasteiger partial charge >= 0.3 is 5.97 Å². The summed E-state index contributed by atoms with van der Waals surface area (Å²) >= 11 is 0. The second kappa shape index (κ2) is 7.72. The predicted molar refractivity (Wildman–Crippen MR) is 88.7 cm³/mol. The normalized spacial score (nSPS) is 25.3. The fraction of sp³-hybridized carbons (Fsp3) is 0.611. The minimum Gasteiger partial charge on any atom is -0.472 e. The lowest BCUT2D eigenvalue weighted by atomic mass is 9.84. The molecule has 2 heterocycles. The molecule has 0 spiro atoms. The van der Waals surface area contributed by atoms with E-state index in [0.717, 1.165) is 25.7 Å². The standard InChI is InChI=1S/C18H24N2O5/c1-24-18(23)15-10-12-4-2-3-5-14(12)20(15)16(21)6-8-19-17(22)13-7-9-25-11-13/h7,9,11-12,14-15H,2-6,8,10H2,1H3,(H,19,22)/t12-,14+,15+/m1/s1. The van der Waals surface area contributed by atoms with Crippen LogP contribution in [-0.2, 0) is 14.3 Å². The molecule has 3 rings (SSSR count). The van der Waals surface area contributed by atoms with Gasteiger partial charge in [0.05, 0.1) is 18.9 Å². The van der Waals surface area contributed by atoms with Gasteiger partial charge in [-0.25, -0.2) is 4.79 Å². The number of furan rings is 1. The first kappa shape index (κ1) is 17.5. The van der Waals surface area contributed by atoms with Gasteiger partial charge in [-0.3, -0.25) is 9.59 Å². The quantitative estimate of drug-likeness (QED) is 0.819. The van der Waals surface area contributed by atoms with Gasteiger partial charge in [-0.1, -0.05) is 12.8 Å². The molecule has 1 saturated heterocycles. The minimum atomic E-state index is -0.491. The Balaban J connectivity index is 1.60. The zero-order chi connectivity index (χ0) is 17.8. The second-order valence-corrected chi connectivity index (χ2v) is 6.71. The van der Waals surface area contributed by atoms with Gasteiger partial charge in [0, 0.05) is 19.0 Å². The molecular formula is C18H24N2O5. The molecular weight excluding hydrogens is 324 g/mol. The van der Waals surface area contributed by atoms with Crippen LogP contribution in [0.2, 0.25) is 0 Å². The van der Waals surface area contributed by atoms with Crippen molar-refractivity contribution in [2.24, 2.45) is 5.92 Å². The summed E-state index contributed by atoms with van der Waals surface area (Å²) in [6.07, 6.45) is 7.86. The highest BCUT2D eigenvalue weighted by Gasteiger charge is 2.47. The number of nitrogens with one attached hydrogen (secondary N) is 1. The number of hydrogen-bond acceptors (Lipinski definition) is 5. The van der Waals surface area contributed by atoms with Crippen molar-refractivity contribution < 1.29 is 23.5 Å². The third-order valence-electron chi connectivity index (χ3n) is 5.26. The summed E-state index contributed by atoms with van der Waals surface area (Å²) in [7, 11) is 1.36. The van der Waals surface area contributed by atoms with Crippen LogP contribution in [0.1, 0.15) is 48.9 Å². The number of methoxy groups -OCH3 is 1. The molecule has 2 fully saturated rings. The maximum absolute atomic E-state index is 12.7. The molecule has 2 amide bonds. The smallest absolute Gasteiger partial charge is 0.328 e. The summed E-state index contributed by atoms with van der Waals surface area (Å²) in [6, 6.07) is 1.20. The lowest BCUT2D eigenvalue weighted by Crippen LogP contribution is -2.47. The van der Waals surface area contributed by atoms with Gasteiger partial charge in [0.2, 0.25) is 5.91 Å². The van der Waals surface area contributed by atoms with E-state index in [4.69, 9.17) is 9.15 Å². The molecule has 1 saturated carbocycles. The Kier molecular flexibility index (Phi) is 5.40. The maximum atomic E-state index is 12.7. The molecule has 1 aliphatic carbocycles. The number of hydrogen-bond donors (Lipinski definition) is 1. The summed E-state index contributed by atoms with van der Waals surface area (Å²) in [5.41, 5.74) is 0.424. The average Bonchev–Trinajstić information content (AvgIpc) is 3.28. The fourth-order valence-corrected chi connectivity index (χ4v) is 4.07. The molecule has 0 unspecified atom stereocenters. The van der Waals surface area contributed by atoms with Crippen molar-refractivity contribution in [3.05, 3.63) is 24.2 Å². The van der Waals surface area contributed by atoms with Crippen LogP contribution < -0.4 is 5.32 Å². The number of carbonyl (C=O) groups is 3. The Bertz CT molecular complexity index is 627. The van der Waals surface area contributed by atoms with E-state index in [1.165, 1.54) is 19.6 Å². The number of fused-ring (bicyclic) bond motifs is 1. The van der Waals surface area contributed by atoms with Crippen molar-refractivity contribution in [2.75, 3.05) is 13.7 Å². The largest absolute Gasteiger partial charge is 0.472 e. The van der Waals surface area contributed by atoms with Crippen molar-refractivity contribution in [3.8, 4) is 0 Å². The van der Waals surface area contributed by atoms with Crippen LogP contribution in [0, 0.1) is 5.92 Å². The average molecular weight is 348 g/mol. The van der Waals surface area contributed by atoms with Crippen LogP contribution in [0.3, 0.4) is 0 Å². The van der Waals surface area contributed by atoms with Gasteiger partial charge in [-0.15, -0.1) is 0 Å². The van der Waals surface area contributed by atoms with Crippen molar-refractivity contribution in [2.45, 2.75) is 50.6 Å². The number of rotatable bonds is 5. The zero-order valence-electron chi connectivity index (χ0n) is 14.4. The molecule has 0 radical (unpaired) electrons. The Morgan fingerprint density at radius 3 is 2.84 bits per heavy atom. The first-order valence-electron chi connectivity index (χ1n) is 8.81. The first-order chi connectivity index (χ1) is 12.1. The van der Waals surface area contributed by atoms with Gasteiger partial charge in [0.15, 0.2) is 0 Å². The highest BCUT2D eigenvalue weighted by molar-refractivity contribution is 5.94. The van der Waals surface area contributed by atoms with Crippen LogP contribution in [0.15, 0.2) is 23.0 Å². The molecule has 0 aromatic carbocycles. The summed E-state index contributed by atoms with van der Waals surface area (Å²) in [4.78, 5) is 38.5. The number of amides is 2. The van der Waals surface area contributed by atoms with Gasteiger partial charge in [-0.2, -0.15) is 0 Å². The van der Waals surface area contributed by atoms with Crippen LogP contribution in [0.4, 0.5) is 0 Å². The second-order valence-electron chi connectivity index (χ2n) is 6.71. The molecule has 7 nitrogen and oxygen atoms in total. The van der Waals surface area contributed by atoms with Crippen LogP contribution in [0.25, 0.3) is 0 Å². The molecule has 1 aliphatic heterocycles. The van der Waals surface area contributed by atoms with Crippen molar-refractivity contribution in [1.29, 1.82) is 0 Å². The van der Waals surface area contributed by atoms with Crippen LogP contribution >= 0.6 is 0 Å². The lowest BCUT2D eigenvalue weighted by Gasteiger charge is -2.33. The number of esters is 1. The lowest BCUT2D eigenvalue weighted by molar-refractivity contribution is -0.152. The molecule has 136 valence electrons. The summed E-state index contributed by atoms with van der Waals surface area (Å²) in [5.74, 6) is -0.340. The molecule has 0 bridgehead atoms. The van der Waals surface area contributed by atoms with E-state index in [-0.39, 0.29) is 36.8 Å². The monoisotopic (exact) mass is 348 g/mol. The Hall–Kier alpha value is -2.31. The molecule has 1 aromatic heterocycles. The molecule has 1 aromatic rings. The van der Waals surface area contributed by atoms with E-state index in [0.29, 0.717) is 17.9 Å². The van der Waals surface area contributed by atoms with E-state index >= 15 is 0 Å². The van der Waals surface area contributed by atoms with Crippen molar-refractivity contribution in [3.63, 3.8) is 0 Å². The minimum absolute atomic E-state index is 0.0997. The molecule has 3 atom stereocenters. The van der Waals surface area contributed by atoms with E-state index < -0.39 is 6.04 Å². The number of ether oxygens (including phenoxy) is 1. The number of nitrogens with zero attached hydrogens (tertiary/aromatic N) is 1. The zero-order valence-corrected chi connectivity index (χ0v) is 14.4. The van der Waals surface area contributed by atoms with Gasteiger partial charge < -0.3 is 19.4 Å². The van der Waals surface area contributed by atoms with Crippen molar-refractivity contribution >= 4 is 17.8 Å². The summed E-state index contributed by atoms with van der Waals surface area (Å²) in [5, 5.41) is 2.71. The first-order valence-corrected chi connectivity index (χ1v) is 8.81. The third kappa shape index (κ3) is 3.70. The third-order valence-corrected chi connectivity index (χ3v) is 5.26. The summed E-state index contributed by atoms with van der Waals surface area (Å²) in [6.45, 7) is 0.227. The Morgan fingerprint density at radius 1 is 1.32 bits per heavy atom. The van der Waals surface area contributed by atoms with Crippen LogP contribution in [-0.4, -0.2) is 48.4 Å². The van der Waals surface area contributed by atoms with Crippen molar-refractivity contribution in [1.82, 2.24) is 10.2 Å². The van der Waals surface area contributed by atoms with Gasteiger partial charge in [0.1, 0.15) is 12.3 Å². The van der Waals surface area contributed by atoms with Crippen LogP contribution in [0.5, 0.6) is 0 Å². The Labute approximate surface area is 146 Å². The topological polar surface area (TPSA) is 88.9 Å². The van der Waals surface area contributed by atoms with E-state index in [2.05, 4.69) is 5.32 Å². The molecule has 2 aliphatic rings. The molecule has 7 heteroatoms. The highest BCUT2D eigenvalue weighted by Crippen LogP contribution is 2.40. The predicted octanol–water partition coefficient (Wildman–Crippen LogP) is 1.73. The molecule has 25 heavy (non-hydrogen) atoms. The van der Waals surface area contributed by atoms with E-state index in [1.807, 2.05) is 0 Å². The van der Waals surface area contributed by atoms with E-state index in [1.54, 1.807) is 11.0 Å². The highest BCUT2D eigenvalue weighted by atomic mass is 16.5. The molecule has 1 N–H and O–H groups in total. The van der Waals surface area contributed by atoms with Gasteiger partial charge in [-0.05, 0) is 31.2 Å². The SMILES string of the molecule is COC(=O)[C@@H]1C[C@H]2CCCC[C@@H]2N1C(=O)CCNC(=O)c1ccoc1. The fourth-order valence-electron chi connectivity index (χ4n) is 4.07. The Morgan fingerprint density at radius 2 is 2.12 bits per heavy atom. The number of carbonyl (C=O) groups excluding carboxylic acids is 3.